The Morgan fingerprint density at radius 3 is 2.06 bits per heavy atom. The third kappa shape index (κ3) is 7.58. The van der Waals surface area contributed by atoms with Gasteiger partial charge in [-0.3, -0.25) is 0 Å². The second-order valence-electron chi connectivity index (χ2n) is 9.18. The lowest BCUT2D eigenvalue weighted by molar-refractivity contribution is 0.112. The summed E-state index contributed by atoms with van der Waals surface area (Å²) >= 11 is 5.93. The molecule has 2 N–H and O–H groups in total. The number of para-hydroxylation sites is 2. The third-order valence-electron chi connectivity index (χ3n) is 6.06. The lowest BCUT2D eigenvalue weighted by Crippen LogP contribution is -2.28. The molecule has 0 aromatic heterocycles. The molecule has 0 heterocycles. The first kappa shape index (κ1) is 25.7. The molecule has 0 spiro atoms. The van der Waals surface area contributed by atoms with Crippen molar-refractivity contribution in [2.24, 2.45) is 0 Å². The summed E-state index contributed by atoms with van der Waals surface area (Å²) in [4.78, 5) is 0. The molecule has 0 aliphatic carbocycles. The predicted molar refractivity (Wildman–Crippen MR) is 148 cm³/mol. The number of nitrogens with one attached hydrogen (secondary N) is 2. The average molecular weight is 503 g/mol. The molecule has 0 saturated carbocycles. The zero-order chi connectivity index (χ0) is 25.3. The Hall–Kier alpha value is -3.34. The molecule has 4 aromatic rings. The third-order valence-corrected chi connectivity index (χ3v) is 6.35. The SMILES string of the molecule is Cc1ccc(CNc2ccccc2N[C@H](COCc2ccc(F)c(Cl)c2)Cc2ccc(C)cc2)cc1. The van der Waals surface area contributed by atoms with Gasteiger partial charge in [0.05, 0.1) is 35.7 Å². The summed E-state index contributed by atoms with van der Waals surface area (Å²) < 4.78 is 19.6. The van der Waals surface area contributed by atoms with Crippen LogP contribution in [0.5, 0.6) is 0 Å². The van der Waals surface area contributed by atoms with E-state index in [1.165, 1.54) is 28.3 Å². The molecule has 186 valence electrons. The monoisotopic (exact) mass is 502 g/mol. The number of anilines is 2. The maximum Gasteiger partial charge on any atom is 0.141 e. The van der Waals surface area contributed by atoms with Crippen molar-refractivity contribution in [3.8, 4) is 0 Å². The van der Waals surface area contributed by atoms with Crippen LogP contribution in [0.25, 0.3) is 0 Å². The van der Waals surface area contributed by atoms with E-state index in [2.05, 4.69) is 85.1 Å². The Morgan fingerprint density at radius 1 is 0.778 bits per heavy atom. The van der Waals surface area contributed by atoms with Crippen LogP contribution in [0.1, 0.15) is 27.8 Å². The Labute approximate surface area is 218 Å². The largest absolute Gasteiger partial charge is 0.379 e. The number of hydrogen-bond acceptors (Lipinski definition) is 3. The Bertz CT molecular complexity index is 1260. The number of aryl methyl sites for hydroxylation is 2. The first-order chi connectivity index (χ1) is 17.5. The fourth-order valence-corrected chi connectivity index (χ4v) is 4.20. The summed E-state index contributed by atoms with van der Waals surface area (Å²) in [5, 5.41) is 7.37. The van der Waals surface area contributed by atoms with E-state index in [0.717, 1.165) is 29.9 Å². The number of rotatable bonds is 11. The highest BCUT2D eigenvalue weighted by molar-refractivity contribution is 6.30. The van der Waals surface area contributed by atoms with Gasteiger partial charge in [-0.1, -0.05) is 89.5 Å². The number of hydrogen-bond donors (Lipinski definition) is 2. The fourth-order valence-electron chi connectivity index (χ4n) is 4.00. The van der Waals surface area contributed by atoms with Crippen LogP contribution in [0, 0.1) is 19.7 Å². The minimum Gasteiger partial charge on any atom is -0.379 e. The molecule has 36 heavy (non-hydrogen) atoms. The predicted octanol–water partition coefficient (Wildman–Crippen LogP) is 7.95. The van der Waals surface area contributed by atoms with Gasteiger partial charge in [0.2, 0.25) is 0 Å². The van der Waals surface area contributed by atoms with Crippen molar-refractivity contribution in [2.75, 3.05) is 17.2 Å². The van der Waals surface area contributed by atoms with E-state index >= 15 is 0 Å². The summed E-state index contributed by atoms with van der Waals surface area (Å²) in [6.45, 7) is 5.77. The molecule has 0 aliphatic heterocycles. The second-order valence-corrected chi connectivity index (χ2v) is 9.59. The topological polar surface area (TPSA) is 33.3 Å². The van der Waals surface area contributed by atoms with Crippen molar-refractivity contribution < 1.29 is 9.13 Å². The summed E-state index contributed by atoms with van der Waals surface area (Å²) in [6, 6.07) is 30.1. The van der Waals surface area contributed by atoms with Crippen molar-refractivity contribution in [3.05, 3.63) is 130 Å². The van der Waals surface area contributed by atoms with E-state index in [1.54, 1.807) is 12.1 Å². The normalized spacial score (nSPS) is 11.8. The van der Waals surface area contributed by atoms with Gasteiger partial charge in [-0.05, 0) is 61.2 Å². The van der Waals surface area contributed by atoms with E-state index < -0.39 is 5.82 Å². The number of benzene rings is 4. The van der Waals surface area contributed by atoms with Crippen molar-refractivity contribution in [1.29, 1.82) is 0 Å². The van der Waals surface area contributed by atoms with E-state index in [0.29, 0.717) is 13.2 Å². The van der Waals surface area contributed by atoms with Crippen molar-refractivity contribution >= 4 is 23.0 Å². The molecule has 0 unspecified atom stereocenters. The standard InChI is InChI=1S/C31H32ClFN2O/c1-22-7-11-24(12-8-22)17-27(21-36-20-26-15-16-29(33)28(32)18-26)35-31-6-4-3-5-30(31)34-19-25-13-9-23(2)10-14-25/h3-16,18,27,34-35H,17,19-21H2,1-2H3/t27-/m0/s1. The highest BCUT2D eigenvalue weighted by Gasteiger charge is 2.13. The van der Waals surface area contributed by atoms with Gasteiger partial charge in [-0.25, -0.2) is 4.39 Å². The van der Waals surface area contributed by atoms with Gasteiger partial charge in [0, 0.05) is 6.54 Å². The van der Waals surface area contributed by atoms with E-state index in [1.807, 2.05) is 12.1 Å². The van der Waals surface area contributed by atoms with Crippen molar-refractivity contribution in [1.82, 2.24) is 0 Å². The van der Waals surface area contributed by atoms with E-state index in [4.69, 9.17) is 16.3 Å². The summed E-state index contributed by atoms with van der Waals surface area (Å²) in [6.07, 6.45) is 0.802. The van der Waals surface area contributed by atoms with Crippen LogP contribution >= 0.6 is 11.6 Å². The zero-order valence-corrected chi connectivity index (χ0v) is 21.5. The fraction of sp³-hybridized carbons (Fsp3) is 0.226. The van der Waals surface area contributed by atoms with Crippen LogP contribution < -0.4 is 10.6 Å². The highest BCUT2D eigenvalue weighted by atomic mass is 35.5. The van der Waals surface area contributed by atoms with Gasteiger partial charge < -0.3 is 15.4 Å². The molecule has 3 nitrogen and oxygen atoms in total. The van der Waals surface area contributed by atoms with Gasteiger partial charge in [-0.15, -0.1) is 0 Å². The first-order valence-electron chi connectivity index (χ1n) is 12.2. The average Bonchev–Trinajstić information content (AvgIpc) is 2.88. The number of halogens is 2. The molecule has 5 heteroatoms. The van der Waals surface area contributed by atoms with Gasteiger partial charge in [0.25, 0.3) is 0 Å². The quantitative estimate of drug-likeness (QED) is 0.218. The Balaban J connectivity index is 1.45. The lowest BCUT2D eigenvalue weighted by Gasteiger charge is -2.23. The van der Waals surface area contributed by atoms with Gasteiger partial charge in [0.15, 0.2) is 0 Å². The summed E-state index contributed by atoms with van der Waals surface area (Å²) in [7, 11) is 0. The second kappa shape index (κ2) is 12.6. The van der Waals surface area contributed by atoms with Gasteiger partial charge in [0.1, 0.15) is 5.82 Å². The molecule has 1 atom stereocenters. The Kier molecular flexibility index (Phi) is 8.99. The maximum atomic E-state index is 13.5. The van der Waals surface area contributed by atoms with Crippen molar-refractivity contribution in [2.45, 2.75) is 39.5 Å². The minimum absolute atomic E-state index is 0.0333. The van der Waals surface area contributed by atoms with Crippen LogP contribution in [0.15, 0.2) is 91.0 Å². The van der Waals surface area contributed by atoms with Gasteiger partial charge >= 0.3 is 0 Å². The molecule has 0 bridgehead atoms. The molecule has 0 amide bonds. The van der Waals surface area contributed by atoms with Gasteiger partial charge in [-0.2, -0.15) is 0 Å². The van der Waals surface area contributed by atoms with Crippen LogP contribution in [-0.4, -0.2) is 12.6 Å². The smallest absolute Gasteiger partial charge is 0.141 e. The highest BCUT2D eigenvalue weighted by Crippen LogP contribution is 2.24. The summed E-state index contributed by atoms with van der Waals surface area (Å²) in [5.41, 5.74) is 7.86. The van der Waals surface area contributed by atoms with E-state index in [-0.39, 0.29) is 11.1 Å². The maximum absolute atomic E-state index is 13.5. The molecular formula is C31H32ClFN2O. The van der Waals surface area contributed by atoms with E-state index in [9.17, 15) is 4.39 Å². The van der Waals surface area contributed by atoms with Crippen LogP contribution in [0.4, 0.5) is 15.8 Å². The first-order valence-corrected chi connectivity index (χ1v) is 12.6. The zero-order valence-electron chi connectivity index (χ0n) is 20.7. The summed E-state index contributed by atoms with van der Waals surface area (Å²) in [5.74, 6) is -0.422. The lowest BCUT2D eigenvalue weighted by atomic mass is 10.0. The minimum atomic E-state index is -0.422. The van der Waals surface area contributed by atoms with Crippen LogP contribution in [0.2, 0.25) is 5.02 Å². The van der Waals surface area contributed by atoms with Crippen LogP contribution in [-0.2, 0) is 24.3 Å². The molecule has 4 rings (SSSR count). The molecule has 0 aliphatic rings. The molecule has 0 fully saturated rings. The number of ether oxygens (including phenoxy) is 1. The molecule has 0 saturated heterocycles. The molecule has 0 radical (unpaired) electrons. The molecule has 4 aromatic carbocycles. The van der Waals surface area contributed by atoms with Crippen LogP contribution in [0.3, 0.4) is 0 Å². The van der Waals surface area contributed by atoms with Crippen molar-refractivity contribution in [3.63, 3.8) is 0 Å². The Morgan fingerprint density at radius 2 is 1.39 bits per heavy atom. The molecular weight excluding hydrogens is 471 g/mol.